The van der Waals surface area contributed by atoms with Gasteiger partial charge in [-0.3, -0.25) is 32.6 Å². The molecule has 18 rings (SSSR count). The Labute approximate surface area is 589 Å². The van der Waals surface area contributed by atoms with Crippen molar-refractivity contribution in [3.63, 3.8) is 0 Å². The second kappa shape index (κ2) is 28.2. The van der Waals surface area contributed by atoms with Crippen LogP contribution in [0.15, 0.2) is 159 Å². The number of anilines is 9. The summed E-state index contributed by atoms with van der Waals surface area (Å²) in [7, 11) is 2.14. The second-order valence-electron chi connectivity index (χ2n) is 25.7. The fraction of sp³-hybridized carbons (Fsp3) is 0.257. The first kappa shape index (κ1) is 65.6. The van der Waals surface area contributed by atoms with E-state index in [4.69, 9.17) is 19.4 Å². The number of likely N-dealkylation sites (N-methyl/N-ethyl adjacent to an activating group) is 1. The molecule has 28 nitrogen and oxygen atoms in total. The van der Waals surface area contributed by atoms with E-state index in [2.05, 4.69) is 88.5 Å². The minimum absolute atomic E-state index is 0.00201. The highest BCUT2D eigenvalue weighted by atomic mass is 19.1. The van der Waals surface area contributed by atoms with Gasteiger partial charge in [-0.25, -0.2) is 39.3 Å². The van der Waals surface area contributed by atoms with E-state index in [0.717, 1.165) is 118 Å². The molecule has 3 saturated heterocycles. The molecule has 6 aliphatic rings. The summed E-state index contributed by atoms with van der Waals surface area (Å²) in [6.45, 7) is 10.9. The van der Waals surface area contributed by atoms with E-state index in [9.17, 15) is 29.0 Å². The largest absolute Gasteiger partial charge is 0.394 e. The number of nitrogens with one attached hydrogen (secondary N) is 6. The van der Waals surface area contributed by atoms with Crippen LogP contribution in [0.5, 0.6) is 0 Å². The molecule has 8 N–H and O–H groups in total. The minimum Gasteiger partial charge on any atom is -0.394 e. The summed E-state index contributed by atoms with van der Waals surface area (Å²) in [6, 6.07) is 31.9. The Balaban J connectivity index is 0.000000119. The number of imidazole rings is 3. The number of halogens is 1. The molecule has 103 heavy (non-hydrogen) atoms. The van der Waals surface area contributed by atoms with E-state index in [0.29, 0.717) is 109 Å². The van der Waals surface area contributed by atoms with Crippen molar-refractivity contribution >= 4 is 86.5 Å². The number of aromatic nitrogens is 11. The van der Waals surface area contributed by atoms with Gasteiger partial charge in [0.1, 0.15) is 40.4 Å². The molecule has 16 heterocycles. The molecule has 2 aromatic carbocycles. The quantitative estimate of drug-likeness (QED) is 0.0521. The van der Waals surface area contributed by atoms with Crippen LogP contribution < -0.4 is 46.6 Å². The lowest BCUT2D eigenvalue weighted by Gasteiger charge is -2.33. The van der Waals surface area contributed by atoms with E-state index >= 15 is 0 Å². The molecule has 10 aromatic heterocycles. The summed E-state index contributed by atoms with van der Waals surface area (Å²) in [4.78, 5) is 83.5. The van der Waals surface area contributed by atoms with Gasteiger partial charge in [0, 0.05) is 119 Å². The maximum atomic E-state index is 13.6. The highest BCUT2D eigenvalue weighted by Gasteiger charge is 2.32. The molecule has 0 spiro atoms. The fourth-order valence-electron chi connectivity index (χ4n) is 13.9. The van der Waals surface area contributed by atoms with Gasteiger partial charge in [-0.15, -0.1) is 0 Å². The number of piperazine rings is 1. The van der Waals surface area contributed by atoms with Crippen LogP contribution >= 0.6 is 0 Å². The normalized spacial score (nSPS) is 17.1. The zero-order valence-corrected chi connectivity index (χ0v) is 56.3. The molecule has 0 saturated carbocycles. The Kier molecular flexibility index (Phi) is 17.9. The Morgan fingerprint density at radius 3 is 1.71 bits per heavy atom. The third kappa shape index (κ3) is 13.2. The van der Waals surface area contributed by atoms with Crippen LogP contribution in [-0.2, 0) is 29.1 Å². The first-order valence-electron chi connectivity index (χ1n) is 34.0. The van der Waals surface area contributed by atoms with Crippen molar-refractivity contribution in [3.8, 4) is 33.9 Å². The summed E-state index contributed by atoms with van der Waals surface area (Å²) in [5, 5.41) is 37.5. The van der Waals surface area contributed by atoms with Crippen molar-refractivity contribution in [3.05, 3.63) is 204 Å². The summed E-state index contributed by atoms with van der Waals surface area (Å²) >= 11 is 0. The topological polar surface area (TPSA) is 312 Å². The molecule has 6 aliphatic heterocycles. The molecule has 29 heteroatoms. The monoisotopic (exact) mass is 1390 g/mol. The van der Waals surface area contributed by atoms with E-state index in [1.54, 1.807) is 43.4 Å². The van der Waals surface area contributed by atoms with Gasteiger partial charge in [-0.2, -0.15) is 0 Å². The third-order valence-corrected chi connectivity index (χ3v) is 19.2. The Bertz CT molecular complexity index is 5000. The average Bonchev–Trinajstić information content (AvgIpc) is 1.64. The number of carbonyl (C=O) groups is 3. The summed E-state index contributed by atoms with van der Waals surface area (Å²) in [5.41, 5.74) is 15.7. The maximum Gasteiger partial charge on any atom is 0.254 e. The van der Waals surface area contributed by atoms with E-state index in [-0.39, 0.29) is 49.0 Å². The van der Waals surface area contributed by atoms with E-state index in [1.807, 2.05) is 124 Å². The minimum atomic E-state index is -0.350. The van der Waals surface area contributed by atoms with Crippen molar-refractivity contribution in [1.82, 2.24) is 73.9 Å². The predicted molar refractivity (Wildman–Crippen MR) is 386 cm³/mol. The first-order valence-corrected chi connectivity index (χ1v) is 34.0. The average molecular weight is 1390 g/mol. The van der Waals surface area contributed by atoms with Crippen LogP contribution in [0, 0.1) is 12.7 Å². The third-order valence-electron chi connectivity index (χ3n) is 19.2. The predicted octanol–water partition coefficient (Wildman–Crippen LogP) is 7.53. The van der Waals surface area contributed by atoms with Crippen LogP contribution in [0.25, 0.3) is 51.0 Å². The molecule has 0 aliphatic carbocycles. The number of hydrogen-bond donors (Lipinski definition) is 8. The van der Waals surface area contributed by atoms with E-state index < -0.39 is 0 Å². The van der Waals surface area contributed by atoms with Gasteiger partial charge in [0.15, 0.2) is 0 Å². The number of fused-ring (bicyclic) bond motifs is 6. The van der Waals surface area contributed by atoms with Gasteiger partial charge in [-0.05, 0) is 97.9 Å². The number of nitrogens with zero attached hydrogens (tertiary/aromatic N) is 15. The number of aryl methyl sites for hydroxylation is 1. The molecular formula is C74H72FN21O7. The van der Waals surface area contributed by atoms with Gasteiger partial charge < -0.3 is 71.2 Å². The summed E-state index contributed by atoms with van der Waals surface area (Å²) < 4.78 is 30.4. The molecule has 0 bridgehead atoms. The number of aliphatic hydroxyl groups excluding tert-OH is 2. The first-order chi connectivity index (χ1) is 50.4. The number of benzene rings is 2. The number of aliphatic hydroxyl groups is 2. The Hall–Kier alpha value is -12.0. The Morgan fingerprint density at radius 1 is 0.505 bits per heavy atom. The van der Waals surface area contributed by atoms with Crippen molar-refractivity contribution in [2.75, 3.05) is 116 Å². The molecular weight excluding hydrogens is 1310 g/mol. The Morgan fingerprint density at radius 2 is 1.08 bits per heavy atom. The molecule has 12 aromatic rings. The molecule has 2 atom stereocenters. The number of ether oxygens (including phenoxy) is 2. The zero-order valence-electron chi connectivity index (χ0n) is 56.3. The zero-order chi connectivity index (χ0) is 70.2. The van der Waals surface area contributed by atoms with Crippen molar-refractivity contribution < 1.29 is 38.5 Å². The van der Waals surface area contributed by atoms with Crippen LogP contribution in [0.3, 0.4) is 0 Å². The molecule has 3 fully saturated rings. The van der Waals surface area contributed by atoms with Crippen LogP contribution in [-0.4, -0.2) is 184 Å². The summed E-state index contributed by atoms with van der Waals surface area (Å²) in [5.74, 6) is 2.77. The molecule has 3 amide bonds. The van der Waals surface area contributed by atoms with Crippen molar-refractivity contribution in [2.45, 2.75) is 38.8 Å². The highest BCUT2D eigenvalue weighted by Crippen LogP contribution is 2.39. The summed E-state index contributed by atoms with van der Waals surface area (Å²) in [6.07, 6.45) is 15.7. The van der Waals surface area contributed by atoms with Gasteiger partial charge in [0.25, 0.3) is 17.7 Å². The lowest BCUT2D eigenvalue weighted by molar-refractivity contribution is 0.00354. The number of pyridine rings is 6. The number of amides is 3. The van der Waals surface area contributed by atoms with Gasteiger partial charge in [0.05, 0.1) is 144 Å². The maximum absolute atomic E-state index is 13.6. The lowest BCUT2D eigenvalue weighted by atomic mass is 9.99. The number of rotatable bonds is 14. The van der Waals surface area contributed by atoms with Gasteiger partial charge >= 0.3 is 0 Å². The molecule has 0 radical (unpaired) electrons. The highest BCUT2D eigenvalue weighted by molar-refractivity contribution is 6.08. The van der Waals surface area contributed by atoms with Crippen molar-refractivity contribution in [2.24, 2.45) is 0 Å². The second-order valence-corrected chi connectivity index (χ2v) is 25.7. The standard InChI is InChI=1S/C25H23FN6O3.C25H25N7O3.C24H24N8O/c26-15-5-6-32-21(12-28-23(32)9-15)18-2-3-20(24-19(18)11-29-25(24)34)30-22-4-1-16(10-27-22)31-7-8-35-17(13-31)14-33;1-15-6-7-32-21(12-28-25(32)29-15)18-3-4-20(23-19(18)11-27-24(23)34)30-22-5-2-16(10-26-22)31-8-9-35-17(13-31)14-33;1-30-9-11-31(12-10-30)21-7-4-5-19(29-21)28-17-14-26-23(16-13-27-24(33)22(16)17)18-15-25-20-6-2-3-8-32(18)20/h1-6,9-10,12,17,33H,7-8,11,13-14H2,(H,27,30)(H,29,34);2-7,10,12,17,33H,8-9,11,13-14H2,1H3,(H,26,30)(H,27,34);2-8,14-15H,9-13H2,1H3,(H,27,33)(H,28,29)/t2*17-;/m10./s1. The number of hydrogen-bond acceptors (Lipinski definition) is 22. The lowest BCUT2D eigenvalue weighted by Crippen LogP contribution is -2.44. The fourth-order valence-corrected chi connectivity index (χ4v) is 13.9. The van der Waals surface area contributed by atoms with Gasteiger partial charge in [0.2, 0.25) is 5.78 Å². The van der Waals surface area contributed by atoms with E-state index in [1.165, 1.54) is 12.1 Å². The SMILES string of the molecule is CN1CCN(c2cccc(Nc3cnc(-c4cnc5ccccn45)c4c3C(=O)NC4)n2)CC1.Cc1ccn2c(-c3ccc(Nc4ccc(N5CCO[C@H](CO)C5)cn4)c4c3CNC4=O)cnc2n1.O=C1NCc2c(-c3cnc4cc(F)ccn34)ccc(Nc3ccc(N4CCO[C@@H](CO)C4)cn3)c21. The van der Waals surface area contributed by atoms with Crippen molar-refractivity contribution in [1.29, 1.82) is 0 Å². The van der Waals surface area contributed by atoms with Crippen LogP contribution in [0.2, 0.25) is 0 Å². The number of morpholine rings is 2. The smallest absolute Gasteiger partial charge is 0.254 e. The van der Waals surface area contributed by atoms with Gasteiger partial charge in [-0.1, -0.05) is 24.3 Å². The van der Waals surface area contributed by atoms with Crippen LogP contribution in [0.1, 0.15) is 53.5 Å². The number of carbonyl (C=O) groups excluding carboxylic acids is 3. The molecule has 522 valence electrons. The van der Waals surface area contributed by atoms with Crippen LogP contribution in [0.4, 0.5) is 56.1 Å². The molecule has 0 unspecified atom stereocenters.